The second-order valence-electron chi connectivity index (χ2n) is 8.96. The minimum atomic E-state index is -0.773. The van der Waals surface area contributed by atoms with E-state index in [9.17, 15) is 23.6 Å². The molecule has 2 rings (SSSR count). The van der Waals surface area contributed by atoms with Gasteiger partial charge in [-0.25, -0.2) is 4.39 Å². The molecule has 2 N–H and O–H groups in total. The summed E-state index contributed by atoms with van der Waals surface area (Å²) in [6, 6.07) is 4.45. The molecule has 31 heavy (non-hydrogen) atoms. The molecule has 1 saturated carbocycles. The summed E-state index contributed by atoms with van der Waals surface area (Å²) in [5.74, 6) is -1.34. The van der Waals surface area contributed by atoms with Crippen LogP contribution >= 0.6 is 0 Å². The number of nitrogens with one attached hydrogen (secondary N) is 2. The summed E-state index contributed by atoms with van der Waals surface area (Å²) < 4.78 is 13.1. The second kappa shape index (κ2) is 11.7. The van der Waals surface area contributed by atoms with E-state index in [1.54, 1.807) is 19.1 Å². The van der Waals surface area contributed by atoms with Crippen LogP contribution in [0.1, 0.15) is 58.4 Å². The van der Waals surface area contributed by atoms with Crippen LogP contribution in [0.4, 0.5) is 4.39 Å². The molecule has 0 heterocycles. The first-order valence-electron chi connectivity index (χ1n) is 11.0. The van der Waals surface area contributed by atoms with Crippen molar-refractivity contribution in [2.45, 2.75) is 71.4 Å². The monoisotopic (exact) mass is 432 g/mol. The van der Waals surface area contributed by atoms with Crippen LogP contribution in [0.2, 0.25) is 0 Å². The van der Waals surface area contributed by atoms with Crippen molar-refractivity contribution >= 4 is 23.9 Å². The van der Waals surface area contributed by atoms with Crippen molar-refractivity contribution in [1.29, 1.82) is 0 Å². The smallest absolute Gasteiger partial charge is 0.243 e. The van der Waals surface area contributed by atoms with Gasteiger partial charge in [-0.05, 0) is 55.7 Å². The number of Topliss-reactive ketones (excluding diaryl/α,β-unsaturated/α-hetero) is 1. The van der Waals surface area contributed by atoms with Crippen LogP contribution in [-0.4, -0.2) is 36.0 Å². The number of ketones is 1. The highest BCUT2D eigenvalue weighted by Crippen LogP contribution is 2.25. The fourth-order valence-corrected chi connectivity index (χ4v) is 3.96. The lowest BCUT2D eigenvalue weighted by atomic mass is 9.96. The highest BCUT2D eigenvalue weighted by atomic mass is 19.1. The molecule has 1 aromatic carbocycles. The highest BCUT2D eigenvalue weighted by Gasteiger charge is 2.30. The number of halogens is 1. The number of amides is 2. The van der Waals surface area contributed by atoms with Crippen molar-refractivity contribution in [2.24, 2.45) is 17.8 Å². The van der Waals surface area contributed by atoms with E-state index in [0.717, 1.165) is 18.4 Å². The van der Waals surface area contributed by atoms with Crippen LogP contribution in [0.3, 0.4) is 0 Å². The predicted octanol–water partition coefficient (Wildman–Crippen LogP) is 2.98. The van der Waals surface area contributed by atoms with Crippen molar-refractivity contribution in [1.82, 2.24) is 10.6 Å². The fourth-order valence-electron chi connectivity index (χ4n) is 3.96. The number of hydrogen-bond acceptors (Lipinski definition) is 4. The van der Waals surface area contributed by atoms with Gasteiger partial charge in [0.15, 0.2) is 0 Å². The van der Waals surface area contributed by atoms with E-state index in [1.807, 2.05) is 13.8 Å². The molecule has 6 nitrogen and oxygen atoms in total. The molecule has 0 saturated heterocycles. The molecule has 1 fully saturated rings. The van der Waals surface area contributed by atoms with Crippen molar-refractivity contribution in [3.05, 3.63) is 35.6 Å². The van der Waals surface area contributed by atoms with Gasteiger partial charge in [-0.1, -0.05) is 32.9 Å². The minimum absolute atomic E-state index is 0.141. The van der Waals surface area contributed by atoms with Gasteiger partial charge in [-0.15, -0.1) is 0 Å². The Morgan fingerprint density at radius 3 is 2.35 bits per heavy atom. The van der Waals surface area contributed by atoms with Crippen molar-refractivity contribution in [3.8, 4) is 0 Å². The molecule has 0 aliphatic heterocycles. The Bertz CT molecular complexity index is 778. The van der Waals surface area contributed by atoms with Gasteiger partial charge in [0.2, 0.25) is 11.8 Å². The van der Waals surface area contributed by atoms with E-state index in [2.05, 4.69) is 10.6 Å². The lowest BCUT2D eigenvalue weighted by molar-refractivity contribution is -0.132. The Hall–Kier alpha value is -2.57. The molecular formula is C24H33FN2O4. The molecule has 2 amide bonds. The maximum atomic E-state index is 13.1. The highest BCUT2D eigenvalue weighted by molar-refractivity contribution is 5.90. The Balaban J connectivity index is 1.97. The van der Waals surface area contributed by atoms with Gasteiger partial charge in [-0.3, -0.25) is 14.4 Å². The summed E-state index contributed by atoms with van der Waals surface area (Å²) in [5.41, 5.74) is 0.830. The van der Waals surface area contributed by atoms with Gasteiger partial charge in [0, 0.05) is 18.3 Å². The Labute approximate surface area is 183 Å². The largest absolute Gasteiger partial charge is 0.345 e. The molecule has 1 aliphatic carbocycles. The van der Waals surface area contributed by atoms with Gasteiger partial charge >= 0.3 is 0 Å². The van der Waals surface area contributed by atoms with Crippen LogP contribution in [0.5, 0.6) is 0 Å². The zero-order valence-corrected chi connectivity index (χ0v) is 18.5. The molecule has 0 unspecified atom stereocenters. The molecule has 4 atom stereocenters. The zero-order valence-electron chi connectivity index (χ0n) is 18.5. The fraction of sp³-hybridized carbons (Fsp3) is 0.583. The van der Waals surface area contributed by atoms with Gasteiger partial charge in [0.25, 0.3) is 0 Å². The first-order chi connectivity index (χ1) is 14.7. The summed E-state index contributed by atoms with van der Waals surface area (Å²) >= 11 is 0. The van der Waals surface area contributed by atoms with Crippen molar-refractivity contribution in [3.63, 3.8) is 0 Å². The topological polar surface area (TPSA) is 92.3 Å². The molecule has 0 radical (unpaired) electrons. The molecule has 1 aromatic rings. The van der Waals surface area contributed by atoms with Gasteiger partial charge in [0.05, 0.1) is 6.04 Å². The van der Waals surface area contributed by atoms with E-state index in [4.69, 9.17) is 0 Å². The third kappa shape index (κ3) is 7.89. The third-order valence-electron chi connectivity index (χ3n) is 5.70. The number of rotatable bonds is 11. The van der Waals surface area contributed by atoms with Crippen molar-refractivity contribution in [2.75, 3.05) is 0 Å². The van der Waals surface area contributed by atoms with Crippen LogP contribution in [0.15, 0.2) is 24.3 Å². The van der Waals surface area contributed by atoms with Crippen molar-refractivity contribution < 1.29 is 23.6 Å². The number of hydrogen-bond donors (Lipinski definition) is 2. The number of carbonyl (C=O) groups is 4. The van der Waals surface area contributed by atoms with E-state index in [-0.39, 0.29) is 29.3 Å². The molecule has 7 heteroatoms. The van der Waals surface area contributed by atoms with Gasteiger partial charge < -0.3 is 15.4 Å². The lowest BCUT2D eigenvalue weighted by Crippen LogP contribution is -2.52. The first kappa shape index (κ1) is 24.7. The Kier molecular flexibility index (Phi) is 9.34. The zero-order chi connectivity index (χ0) is 23.0. The quantitative estimate of drug-likeness (QED) is 0.526. The molecule has 0 bridgehead atoms. The summed E-state index contributed by atoms with van der Waals surface area (Å²) in [5, 5.41) is 5.51. The Morgan fingerprint density at radius 2 is 1.81 bits per heavy atom. The standard InChI is InChI=1S/C24H33FN2O4/c1-15(2)11-21(24(31)26-20(14-28)13-18-5-4-6-22(18)29)27-23(30)16(3)12-17-7-9-19(25)10-8-17/h7-10,14-16,18,20-21H,4-6,11-13H2,1-3H3,(H,26,31)(H,27,30)/t16-,18-,20-,21-/m0/s1. The summed E-state index contributed by atoms with van der Waals surface area (Å²) in [6.07, 6.45) is 3.90. The molecule has 170 valence electrons. The normalized spacial score (nSPS) is 19.0. The SMILES string of the molecule is CC(C)C[C@H](NC(=O)[C@@H](C)Cc1ccc(F)cc1)C(=O)N[C@H](C=O)C[C@@H]1CCCC1=O. The summed E-state index contributed by atoms with van der Waals surface area (Å²) in [7, 11) is 0. The van der Waals surface area contributed by atoms with Crippen LogP contribution in [0.25, 0.3) is 0 Å². The second-order valence-corrected chi connectivity index (χ2v) is 8.96. The van der Waals surface area contributed by atoms with Crippen LogP contribution in [-0.2, 0) is 25.6 Å². The first-order valence-corrected chi connectivity index (χ1v) is 11.0. The maximum absolute atomic E-state index is 13.1. The minimum Gasteiger partial charge on any atom is -0.345 e. The molecule has 1 aliphatic rings. The maximum Gasteiger partial charge on any atom is 0.243 e. The van der Waals surface area contributed by atoms with E-state index < -0.39 is 23.9 Å². The third-order valence-corrected chi connectivity index (χ3v) is 5.70. The number of aldehydes is 1. The Morgan fingerprint density at radius 1 is 1.13 bits per heavy atom. The van der Waals surface area contributed by atoms with E-state index in [0.29, 0.717) is 32.0 Å². The summed E-state index contributed by atoms with van der Waals surface area (Å²) in [6.45, 7) is 5.65. The molecule has 0 spiro atoms. The molecular weight excluding hydrogens is 399 g/mol. The lowest BCUT2D eigenvalue weighted by Gasteiger charge is -2.24. The van der Waals surface area contributed by atoms with Gasteiger partial charge in [0.1, 0.15) is 23.9 Å². The average Bonchev–Trinajstić information content (AvgIpc) is 3.12. The van der Waals surface area contributed by atoms with Gasteiger partial charge in [-0.2, -0.15) is 0 Å². The molecule has 0 aromatic heterocycles. The number of benzene rings is 1. The van der Waals surface area contributed by atoms with Crippen LogP contribution in [0, 0.1) is 23.6 Å². The predicted molar refractivity (Wildman–Crippen MR) is 116 cm³/mol. The van der Waals surface area contributed by atoms with Crippen LogP contribution < -0.4 is 10.6 Å². The van der Waals surface area contributed by atoms with E-state index in [1.165, 1.54) is 12.1 Å². The number of carbonyl (C=O) groups excluding carboxylic acids is 4. The van der Waals surface area contributed by atoms with E-state index >= 15 is 0 Å². The summed E-state index contributed by atoms with van der Waals surface area (Å²) in [4.78, 5) is 48.9. The average molecular weight is 433 g/mol.